The highest BCUT2D eigenvalue weighted by molar-refractivity contribution is 7.27. The Morgan fingerprint density at radius 2 is 2.08 bits per heavy atom. The van der Waals surface area contributed by atoms with Crippen molar-refractivity contribution < 1.29 is 9.53 Å². The lowest BCUT2D eigenvalue weighted by Crippen LogP contribution is -2.52. The zero-order chi connectivity index (χ0) is 18.7. The van der Waals surface area contributed by atoms with E-state index >= 15 is 0 Å². The Kier molecular flexibility index (Phi) is 6.78. The monoisotopic (exact) mass is 367 g/mol. The summed E-state index contributed by atoms with van der Waals surface area (Å²) in [6.07, 6.45) is 3.55. The van der Waals surface area contributed by atoms with Crippen LogP contribution >= 0.6 is 9.24 Å². The fourth-order valence-electron chi connectivity index (χ4n) is 3.23. The Hall–Kier alpha value is -1.23. The Balaban J connectivity index is 2.24. The number of rotatable bonds is 8. The molecule has 1 aromatic rings. The molecule has 1 saturated heterocycles. The summed E-state index contributed by atoms with van der Waals surface area (Å²) in [5.41, 5.74) is 7.48. The van der Waals surface area contributed by atoms with E-state index in [1.54, 1.807) is 7.11 Å². The lowest BCUT2D eigenvalue weighted by molar-refractivity contribution is -0.121. The summed E-state index contributed by atoms with van der Waals surface area (Å²) < 4.78 is 6.83. The van der Waals surface area contributed by atoms with Crippen molar-refractivity contribution in [1.29, 1.82) is 0 Å². The number of likely N-dealkylation sites (tertiary alicyclic amines) is 1. The van der Waals surface area contributed by atoms with Crippen molar-refractivity contribution in [2.75, 3.05) is 26.7 Å². The van der Waals surface area contributed by atoms with Gasteiger partial charge in [-0.25, -0.2) is 0 Å². The summed E-state index contributed by atoms with van der Waals surface area (Å²) in [5.74, 6) is -0.185. The summed E-state index contributed by atoms with van der Waals surface area (Å²) in [6, 6.07) is -0.604. The molecule has 2 heterocycles. The molecule has 0 saturated carbocycles. The van der Waals surface area contributed by atoms with Gasteiger partial charge in [-0.05, 0) is 36.8 Å². The molecule has 6 nitrogen and oxygen atoms in total. The van der Waals surface area contributed by atoms with E-state index < -0.39 is 11.9 Å². The highest BCUT2D eigenvalue weighted by Crippen LogP contribution is 2.18. The molecule has 0 spiro atoms. The highest BCUT2D eigenvalue weighted by Gasteiger charge is 2.26. The molecule has 1 aliphatic rings. The smallest absolute Gasteiger partial charge is 0.258 e. The van der Waals surface area contributed by atoms with E-state index in [9.17, 15) is 9.59 Å². The Morgan fingerprint density at radius 1 is 1.44 bits per heavy atom. The number of hydrogen-bond acceptors (Lipinski definition) is 4. The van der Waals surface area contributed by atoms with Crippen molar-refractivity contribution in [3.63, 3.8) is 0 Å². The van der Waals surface area contributed by atoms with Crippen molar-refractivity contribution >= 4 is 20.5 Å². The topological polar surface area (TPSA) is 77.6 Å². The molecule has 0 radical (unpaired) electrons. The van der Waals surface area contributed by atoms with Gasteiger partial charge in [0.25, 0.3) is 5.56 Å². The molecule has 1 fully saturated rings. The van der Waals surface area contributed by atoms with E-state index in [1.165, 1.54) is 4.57 Å². The van der Waals surface area contributed by atoms with Crippen LogP contribution in [0.15, 0.2) is 11.0 Å². The molecule has 2 unspecified atom stereocenters. The van der Waals surface area contributed by atoms with Gasteiger partial charge < -0.3 is 15.0 Å². The maximum absolute atomic E-state index is 12.7. The largest absolute Gasteiger partial charge is 0.379 e. The maximum atomic E-state index is 12.7. The van der Waals surface area contributed by atoms with Gasteiger partial charge in [-0.15, -0.1) is 0 Å². The Morgan fingerprint density at radius 3 is 2.60 bits per heavy atom. The molecule has 2 rings (SSSR count). The molecule has 25 heavy (non-hydrogen) atoms. The van der Waals surface area contributed by atoms with Crippen molar-refractivity contribution in [1.82, 2.24) is 9.47 Å². The number of nitrogens with two attached hydrogens (primary N) is 1. The van der Waals surface area contributed by atoms with Gasteiger partial charge in [0, 0.05) is 38.2 Å². The van der Waals surface area contributed by atoms with Crippen molar-refractivity contribution in [2.24, 2.45) is 11.7 Å². The lowest BCUT2D eigenvalue weighted by atomic mass is 10.0. The average molecular weight is 367 g/mol. The van der Waals surface area contributed by atoms with Gasteiger partial charge in [-0.3, -0.25) is 14.5 Å². The fraction of sp³-hybridized carbons (Fsp3) is 0.667. The van der Waals surface area contributed by atoms with E-state index in [0.29, 0.717) is 17.8 Å². The van der Waals surface area contributed by atoms with Gasteiger partial charge in [0.15, 0.2) is 0 Å². The first-order valence-corrected chi connectivity index (χ1v) is 9.36. The molecule has 0 aliphatic carbocycles. The second-order valence-corrected chi connectivity index (χ2v) is 7.90. The van der Waals surface area contributed by atoms with Gasteiger partial charge in [-0.2, -0.15) is 0 Å². The van der Waals surface area contributed by atoms with Gasteiger partial charge in [0.05, 0.1) is 6.10 Å². The van der Waals surface area contributed by atoms with Crippen molar-refractivity contribution in [2.45, 2.75) is 45.8 Å². The molecule has 7 heteroatoms. The van der Waals surface area contributed by atoms with Crippen molar-refractivity contribution in [3.05, 3.63) is 27.7 Å². The van der Waals surface area contributed by atoms with Crippen LogP contribution in [0.5, 0.6) is 0 Å². The minimum atomic E-state index is -0.604. The summed E-state index contributed by atoms with van der Waals surface area (Å²) in [6.45, 7) is 8.80. The predicted molar refractivity (Wildman–Crippen MR) is 103 cm³/mol. The van der Waals surface area contributed by atoms with Crippen LogP contribution in [0.4, 0.5) is 0 Å². The third kappa shape index (κ3) is 4.69. The van der Waals surface area contributed by atoms with Crippen LogP contribution < -0.4 is 16.6 Å². The highest BCUT2D eigenvalue weighted by atomic mass is 31.0. The van der Waals surface area contributed by atoms with E-state index in [2.05, 4.69) is 14.1 Å². The number of hydrogen-bond donors (Lipinski definition) is 1. The molecule has 2 atom stereocenters. The minimum Gasteiger partial charge on any atom is -0.379 e. The fourth-order valence-corrected chi connectivity index (χ4v) is 3.56. The first kappa shape index (κ1) is 20.1. The second-order valence-electron chi connectivity index (χ2n) is 7.32. The first-order chi connectivity index (χ1) is 11.7. The maximum Gasteiger partial charge on any atom is 0.258 e. The Bertz CT molecular complexity index is 681. The number of carbonyl (C=O) groups is 1. The number of nitrogens with zero attached hydrogens (tertiary/aromatic N) is 2. The van der Waals surface area contributed by atoms with Crippen LogP contribution in [-0.2, 0) is 16.0 Å². The number of methoxy groups -OCH3 is 1. The number of aromatic nitrogens is 1. The lowest BCUT2D eigenvalue weighted by Gasteiger charge is -2.38. The van der Waals surface area contributed by atoms with Crippen LogP contribution in [0.3, 0.4) is 0 Å². The number of pyridine rings is 1. The van der Waals surface area contributed by atoms with Crippen LogP contribution in [0.25, 0.3) is 0 Å². The van der Waals surface area contributed by atoms with E-state index in [0.717, 1.165) is 37.2 Å². The van der Waals surface area contributed by atoms with E-state index in [-0.39, 0.29) is 11.5 Å². The minimum absolute atomic E-state index is 0.154. The van der Waals surface area contributed by atoms with Crippen LogP contribution in [0.1, 0.15) is 37.4 Å². The summed E-state index contributed by atoms with van der Waals surface area (Å²) in [5, 5.41) is 0.617. The van der Waals surface area contributed by atoms with Gasteiger partial charge in [0.2, 0.25) is 5.91 Å². The summed E-state index contributed by atoms with van der Waals surface area (Å²) in [4.78, 5) is 26.9. The number of carbonyl (C=O) groups excluding carboxylic acids is 1. The van der Waals surface area contributed by atoms with Crippen molar-refractivity contribution in [3.8, 4) is 0 Å². The third-order valence-corrected chi connectivity index (χ3v) is 5.64. The van der Waals surface area contributed by atoms with Gasteiger partial charge in [0.1, 0.15) is 6.04 Å². The molecular formula is C18H30N3O3P. The molecule has 0 aromatic carbocycles. The molecular weight excluding hydrogens is 337 g/mol. The van der Waals surface area contributed by atoms with Crippen LogP contribution in [0.2, 0.25) is 0 Å². The Labute approximate surface area is 151 Å². The normalized spacial score (nSPS) is 16.9. The third-order valence-electron chi connectivity index (χ3n) is 4.96. The average Bonchev–Trinajstić information content (AvgIpc) is 2.51. The molecule has 0 bridgehead atoms. The molecule has 1 amide bonds. The standard InChI is InChI=1S/C18H30N3O3P/c1-11(2)7-15(17(19)22)21-8-13(12(3)16(25)18(21)23)5-6-20-9-14(10-20)24-4/h8,11,14-15H,5-7,9-10,25H2,1-4H3,(H2,19,22). The summed E-state index contributed by atoms with van der Waals surface area (Å²) in [7, 11) is 4.27. The number of ether oxygens (including phenoxy) is 1. The quantitative estimate of drug-likeness (QED) is 0.683. The zero-order valence-electron chi connectivity index (χ0n) is 15.6. The van der Waals surface area contributed by atoms with Crippen LogP contribution in [-0.4, -0.2) is 48.2 Å². The van der Waals surface area contributed by atoms with Crippen LogP contribution in [0, 0.1) is 12.8 Å². The first-order valence-electron chi connectivity index (χ1n) is 8.79. The SMILES string of the molecule is COC1CN(CCc2cn(C(CC(C)C)C(N)=O)c(=O)c(P)c2C)C1. The molecule has 1 aliphatic heterocycles. The number of amides is 1. The molecule has 1 aromatic heterocycles. The molecule has 2 N–H and O–H groups in total. The van der Waals surface area contributed by atoms with Gasteiger partial charge >= 0.3 is 0 Å². The van der Waals surface area contributed by atoms with Gasteiger partial charge in [-0.1, -0.05) is 23.1 Å². The zero-order valence-corrected chi connectivity index (χ0v) is 16.8. The number of primary amides is 1. The second kappa shape index (κ2) is 8.43. The van der Waals surface area contributed by atoms with E-state index in [1.807, 2.05) is 27.0 Å². The predicted octanol–water partition coefficient (Wildman–Crippen LogP) is 0.603. The van der Waals surface area contributed by atoms with E-state index in [4.69, 9.17) is 10.5 Å². The molecule has 140 valence electrons. The summed E-state index contributed by atoms with van der Waals surface area (Å²) >= 11 is 0.